The average Bonchev–Trinajstić information content (AvgIpc) is 2.85. The Balaban J connectivity index is 1.89. The normalized spacial score (nSPS) is 18.7. The Morgan fingerprint density at radius 2 is 1.57 bits per heavy atom. The first-order valence-corrected chi connectivity index (χ1v) is 9.58. The average molecular weight is 336 g/mol. The van der Waals surface area contributed by atoms with Crippen LogP contribution in [0.4, 0.5) is 4.79 Å². The van der Waals surface area contributed by atoms with Crippen molar-refractivity contribution >= 4 is 22.9 Å². The van der Waals surface area contributed by atoms with Gasteiger partial charge in [-0.1, -0.05) is 74.4 Å². The third-order valence-electron chi connectivity index (χ3n) is 3.63. The predicted octanol–water partition coefficient (Wildman–Crippen LogP) is 5.54. The SMILES string of the molecule is CC/C=C\C/C=C\C/C=C\CCCCCCC1SC(=O)NC1=O. The number of carbonyl (C=O) groups excluding carboxylic acids is 2. The number of rotatable bonds is 12. The summed E-state index contributed by atoms with van der Waals surface area (Å²) in [4.78, 5) is 22.4. The van der Waals surface area contributed by atoms with Gasteiger partial charge in [0.25, 0.3) is 5.24 Å². The van der Waals surface area contributed by atoms with Gasteiger partial charge >= 0.3 is 0 Å². The molecule has 0 radical (unpaired) electrons. The van der Waals surface area contributed by atoms with Gasteiger partial charge in [0.15, 0.2) is 0 Å². The summed E-state index contributed by atoms with van der Waals surface area (Å²) in [5, 5.41) is 1.99. The fourth-order valence-corrected chi connectivity index (χ4v) is 3.22. The number of amides is 2. The molecule has 4 heteroatoms. The van der Waals surface area contributed by atoms with E-state index in [4.69, 9.17) is 0 Å². The van der Waals surface area contributed by atoms with Crippen LogP contribution in [0.25, 0.3) is 0 Å². The summed E-state index contributed by atoms with van der Waals surface area (Å²) in [5.74, 6) is -0.110. The zero-order valence-corrected chi connectivity index (χ0v) is 14.9. The van der Waals surface area contributed by atoms with E-state index >= 15 is 0 Å². The molecule has 1 aliphatic rings. The lowest BCUT2D eigenvalue weighted by molar-refractivity contribution is -0.119. The van der Waals surface area contributed by atoms with E-state index in [0.717, 1.165) is 56.7 Å². The molecule has 1 fully saturated rings. The van der Waals surface area contributed by atoms with Crippen molar-refractivity contribution in [2.24, 2.45) is 0 Å². The van der Waals surface area contributed by atoms with Crippen molar-refractivity contribution in [2.75, 3.05) is 0 Å². The molecule has 23 heavy (non-hydrogen) atoms. The van der Waals surface area contributed by atoms with E-state index < -0.39 is 0 Å². The molecular weight excluding hydrogens is 306 g/mol. The first-order valence-electron chi connectivity index (χ1n) is 8.70. The van der Waals surface area contributed by atoms with Gasteiger partial charge in [0, 0.05) is 0 Å². The molecule has 0 aliphatic carbocycles. The van der Waals surface area contributed by atoms with Gasteiger partial charge < -0.3 is 0 Å². The second-order valence-corrected chi connectivity index (χ2v) is 6.84. The second-order valence-electron chi connectivity index (χ2n) is 5.67. The Kier molecular flexibility index (Phi) is 11.3. The molecule has 0 saturated carbocycles. The number of thioether (sulfide) groups is 1. The first-order chi connectivity index (χ1) is 11.2. The quantitative estimate of drug-likeness (QED) is 0.376. The van der Waals surface area contributed by atoms with E-state index in [1.54, 1.807) is 0 Å². The number of unbranched alkanes of at least 4 members (excludes halogenated alkanes) is 4. The lowest BCUT2D eigenvalue weighted by atomic mass is 10.1. The van der Waals surface area contributed by atoms with Crippen LogP contribution < -0.4 is 5.32 Å². The molecule has 0 aromatic carbocycles. The lowest BCUT2D eigenvalue weighted by Gasteiger charge is -2.04. The lowest BCUT2D eigenvalue weighted by Crippen LogP contribution is -2.23. The van der Waals surface area contributed by atoms with Crippen LogP contribution in [0.3, 0.4) is 0 Å². The van der Waals surface area contributed by atoms with Gasteiger partial charge in [-0.3, -0.25) is 14.9 Å². The van der Waals surface area contributed by atoms with Crippen molar-refractivity contribution in [2.45, 2.75) is 70.0 Å². The molecule has 3 nitrogen and oxygen atoms in total. The number of hydrogen-bond acceptors (Lipinski definition) is 3. The summed E-state index contributed by atoms with van der Waals surface area (Å²) in [7, 11) is 0. The molecule has 1 aliphatic heterocycles. The third-order valence-corrected chi connectivity index (χ3v) is 4.68. The number of allylic oxidation sites excluding steroid dienone is 6. The van der Waals surface area contributed by atoms with Crippen molar-refractivity contribution in [3.05, 3.63) is 36.5 Å². The van der Waals surface area contributed by atoms with Gasteiger partial charge in [-0.15, -0.1) is 0 Å². The highest BCUT2D eigenvalue weighted by atomic mass is 32.2. The van der Waals surface area contributed by atoms with Crippen LogP contribution >= 0.6 is 11.8 Å². The first kappa shape index (κ1) is 19.8. The highest BCUT2D eigenvalue weighted by Gasteiger charge is 2.30. The summed E-state index contributed by atoms with van der Waals surface area (Å²) >= 11 is 1.14. The highest BCUT2D eigenvalue weighted by Crippen LogP contribution is 2.24. The second kappa shape index (κ2) is 13.2. The Bertz CT molecular complexity index is 441. The minimum atomic E-state index is -0.194. The zero-order valence-electron chi connectivity index (χ0n) is 14.1. The van der Waals surface area contributed by atoms with Gasteiger partial charge in [-0.2, -0.15) is 0 Å². The van der Waals surface area contributed by atoms with Gasteiger partial charge in [0.2, 0.25) is 5.91 Å². The van der Waals surface area contributed by atoms with Crippen LogP contribution in [0.15, 0.2) is 36.5 Å². The van der Waals surface area contributed by atoms with Crippen LogP contribution in [0.2, 0.25) is 0 Å². The van der Waals surface area contributed by atoms with Crippen molar-refractivity contribution in [1.82, 2.24) is 5.32 Å². The predicted molar refractivity (Wildman–Crippen MR) is 99.6 cm³/mol. The maximum atomic E-state index is 11.4. The van der Waals surface area contributed by atoms with Crippen LogP contribution in [0, 0.1) is 0 Å². The molecule has 1 heterocycles. The fraction of sp³-hybridized carbons (Fsp3) is 0.579. The molecule has 0 aromatic heterocycles. The number of carbonyl (C=O) groups is 2. The Hall–Kier alpha value is -1.29. The third kappa shape index (κ3) is 10.2. The number of imide groups is 1. The molecule has 0 spiro atoms. The van der Waals surface area contributed by atoms with Crippen molar-refractivity contribution in [1.29, 1.82) is 0 Å². The monoisotopic (exact) mass is 335 g/mol. The summed E-state index contributed by atoms with van der Waals surface area (Å²) < 4.78 is 0. The standard InChI is InChI=1S/C19H29NO2S/c1-2-3-4-5-6-7-8-9-10-11-12-13-14-15-16-17-18(21)20-19(22)23-17/h3-4,6-7,9-10,17H,2,5,8,11-16H2,1H3,(H,20,21,22)/b4-3-,7-6-,10-9-. The summed E-state index contributed by atoms with van der Waals surface area (Å²) in [5.41, 5.74) is 0. The van der Waals surface area contributed by atoms with E-state index in [1.165, 1.54) is 12.8 Å². The van der Waals surface area contributed by atoms with Crippen LogP contribution in [-0.2, 0) is 4.79 Å². The molecule has 128 valence electrons. The number of nitrogens with one attached hydrogen (secondary N) is 1. The highest BCUT2D eigenvalue weighted by molar-refractivity contribution is 8.15. The molecule has 2 amide bonds. The molecule has 1 atom stereocenters. The topological polar surface area (TPSA) is 46.2 Å². The molecule has 0 aromatic rings. The molecule has 1 rings (SSSR count). The van der Waals surface area contributed by atoms with Crippen molar-refractivity contribution in [3.63, 3.8) is 0 Å². The van der Waals surface area contributed by atoms with Gasteiger partial charge in [0.1, 0.15) is 0 Å². The van der Waals surface area contributed by atoms with E-state index in [0.29, 0.717) is 0 Å². The van der Waals surface area contributed by atoms with E-state index in [9.17, 15) is 9.59 Å². The zero-order chi connectivity index (χ0) is 16.8. The molecule has 1 unspecified atom stereocenters. The van der Waals surface area contributed by atoms with Gasteiger partial charge in [-0.05, 0) is 38.5 Å². The molecule has 1 N–H and O–H groups in total. The number of hydrogen-bond donors (Lipinski definition) is 1. The molecule has 1 saturated heterocycles. The minimum Gasteiger partial charge on any atom is -0.286 e. The Morgan fingerprint density at radius 1 is 0.913 bits per heavy atom. The van der Waals surface area contributed by atoms with Crippen LogP contribution in [0.5, 0.6) is 0 Å². The van der Waals surface area contributed by atoms with Gasteiger partial charge in [0.05, 0.1) is 5.25 Å². The van der Waals surface area contributed by atoms with E-state index in [-0.39, 0.29) is 16.4 Å². The summed E-state index contributed by atoms with van der Waals surface area (Å²) in [6.45, 7) is 2.15. The molecule has 0 bridgehead atoms. The summed E-state index contributed by atoms with van der Waals surface area (Å²) in [6.07, 6.45) is 22.9. The maximum absolute atomic E-state index is 11.4. The van der Waals surface area contributed by atoms with E-state index in [1.807, 2.05) is 0 Å². The van der Waals surface area contributed by atoms with Crippen molar-refractivity contribution < 1.29 is 9.59 Å². The minimum absolute atomic E-state index is 0.110. The fourth-order valence-electron chi connectivity index (χ4n) is 2.36. The molecular formula is C19H29NO2S. The largest absolute Gasteiger partial charge is 0.286 e. The maximum Gasteiger partial charge on any atom is 0.286 e. The summed E-state index contributed by atoms with van der Waals surface area (Å²) in [6, 6.07) is 0. The van der Waals surface area contributed by atoms with Crippen molar-refractivity contribution in [3.8, 4) is 0 Å². The van der Waals surface area contributed by atoms with Crippen LogP contribution in [0.1, 0.15) is 64.7 Å². The Morgan fingerprint density at radius 3 is 2.22 bits per heavy atom. The van der Waals surface area contributed by atoms with Gasteiger partial charge in [-0.25, -0.2) is 0 Å². The smallest absolute Gasteiger partial charge is 0.286 e. The Labute approximate surface area is 144 Å². The van der Waals surface area contributed by atoms with Crippen LogP contribution in [-0.4, -0.2) is 16.4 Å². The van der Waals surface area contributed by atoms with E-state index in [2.05, 4.69) is 48.7 Å².